The summed E-state index contributed by atoms with van der Waals surface area (Å²) < 4.78 is 36.5. The molecule has 9 rings (SSSR count). The van der Waals surface area contributed by atoms with Crippen molar-refractivity contribution in [2.24, 2.45) is 11.1 Å². The molecule has 9 aromatic rings. The van der Waals surface area contributed by atoms with E-state index in [0.717, 1.165) is 59.8 Å². The fourth-order valence-corrected chi connectivity index (χ4v) is 16.8. The maximum atomic E-state index is 12.9. The molecular weight excluding hydrogens is 2300 g/mol. The number of imidazole rings is 1. The third-order valence-electron chi connectivity index (χ3n) is 19.9. The molecule has 0 saturated carbocycles. The predicted octanol–water partition coefficient (Wildman–Crippen LogP) is 14.5. The molecule has 1 heterocycles. The molecule has 0 fully saturated rings. The van der Waals surface area contributed by atoms with E-state index >= 15 is 0 Å². The van der Waals surface area contributed by atoms with Crippen LogP contribution in [-0.2, 0) is 69.4 Å². The number of Topliss-reactive ketones (excluding diaryl/α,β-unsaturated/α-hetero) is 1. The van der Waals surface area contributed by atoms with Gasteiger partial charge in [-0.25, -0.2) is 4.98 Å². The van der Waals surface area contributed by atoms with Gasteiger partial charge in [0.15, 0.2) is 5.78 Å². The number of amidine groups is 1. The summed E-state index contributed by atoms with van der Waals surface area (Å²) in [5, 5.41) is 38.4. The molecular formula is C109H147Br2Cl5K2N12O18Sn. The van der Waals surface area contributed by atoms with Crippen molar-refractivity contribution < 1.29 is 191 Å². The van der Waals surface area contributed by atoms with E-state index < -0.39 is 36.0 Å². The SMILES string of the molecule is C.C.C=C(OCC)c1ccc(CC(NC(=O)c2ccc(OC(C)C)c(Cl)c2)C(=O)NC)cc1.C=[C](OCC)[Sn][CH2]CCC.CC(C)(C)C(=N)N.CNC(=O)C(Cc1ccc(-c2cnc(C(C)(C)C)[nH]2)cc1)NC(=O)c1ccc(OC(C)C)c(Cl)c1.CNC(=O)C(Cc1ccc(Br)cc1)NC(=O)c1ccc(OC(C)C)c(Cl)c1.CNC(=O)C(Cc1ccc(C(=O)CBr)cc1)NC(=O)c1ccc(OC(C)C)c(Cl)c1.Cl.O=CO[O-].[H-].[K+].[K+]. The van der Waals surface area contributed by atoms with Crippen LogP contribution in [0.15, 0.2) is 197 Å². The molecule has 0 aliphatic heterocycles. The molecule has 0 aliphatic rings. The van der Waals surface area contributed by atoms with Crippen LogP contribution in [0.25, 0.3) is 17.0 Å². The number of H-pyrrole nitrogens is 1. The van der Waals surface area contributed by atoms with Gasteiger partial charge in [0, 0.05) is 103 Å². The Hall–Kier alpha value is -7.94. The van der Waals surface area contributed by atoms with Crippen LogP contribution in [-0.4, -0.2) is 192 Å². The summed E-state index contributed by atoms with van der Waals surface area (Å²) in [7, 11) is 6.13. The minimum atomic E-state index is -0.786. The van der Waals surface area contributed by atoms with Gasteiger partial charge in [-0.15, -0.1) is 12.4 Å². The molecule has 8 aromatic carbocycles. The Morgan fingerprint density at radius 2 is 0.765 bits per heavy atom. The molecule has 0 saturated heterocycles. The minimum Gasteiger partial charge on any atom is -1.00 e. The number of likely N-dealkylation sites (N-methyl/N-ethyl adjacent to an activating group) is 4. The van der Waals surface area contributed by atoms with Crippen LogP contribution in [0, 0.1) is 10.8 Å². The Morgan fingerprint density at radius 1 is 0.490 bits per heavy atom. The zero-order valence-electron chi connectivity index (χ0n) is 89.0. The number of halogens is 7. The number of hydrogen-bond donors (Lipinski definition) is 11. The Kier molecular flexibility index (Phi) is 74.6. The summed E-state index contributed by atoms with van der Waals surface area (Å²) in [6, 6.07) is 46.1. The van der Waals surface area contributed by atoms with E-state index in [4.69, 9.17) is 96.0 Å². The Morgan fingerprint density at radius 3 is 1.00 bits per heavy atom. The predicted molar refractivity (Wildman–Crippen MR) is 600 cm³/mol. The zero-order chi connectivity index (χ0) is 108. The van der Waals surface area contributed by atoms with E-state index in [2.05, 4.69) is 130 Å². The van der Waals surface area contributed by atoms with Crippen molar-refractivity contribution in [1.82, 2.24) is 52.5 Å². The molecule has 2 radical (unpaired) electrons. The van der Waals surface area contributed by atoms with E-state index in [1.54, 1.807) is 85.9 Å². The summed E-state index contributed by atoms with van der Waals surface area (Å²) >= 11 is 31.1. The quantitative estimate of drug-likeness (QED) is 0.00162. The zero-order valence-corrected chi connectivity index (χ0v) is 104. The number of aromatic nitrogens is 2. The molecule has 12 N–H and O–H groups in total. The van der Waals surface area contributed by atoms with Crippen molar-refractivity contribution in [3.63, 3.8) is 0 Å². The van der Waals surface area contributed by atoms with Crippen molar-refractivity contribution in [2.75, 3.05) is 46.7 Å². The van der Waals surface area contributed by atoms with Crippen LogP contribution < -0.4 is 175 Å². The summed E-state index contributed by atoms with van der Waals surface area (Å²) in [4.78, 5) is 131. The number of rotatable bonds is 41. The number of benzene rings is 8. The molecule has 0 bridgehead atoms. The van der Waals surface area contributed by atoms with E-state index in [9.17, 15) is 43.2 Å². The molecule has 40 heteroatoms. The number of nitrogens with one attached hydrogen (secondary N) is 10. The summed E-state index contributed by atoms with van der Waals surface area (Å²) in [6.45, 7) is 42.2. The Labute approximate surface area is 1020 Å². The summed E-state index contributed by atoms with van der Waals surface area (Å²) in [5.41, 5.74) is 13.3. The van der Waals surface area contributed by atoms with Crippen LogP contribution in [0.1, 0.15) is 232 Å². The number of aromatic amines is 1. The van der Waals surface area contributed by atoms with Gasteiger partial charge >= 0.3 is 177 Å². The number of ketones is 1. The summed E-state index contributed by atoms with van der Waals surface area (Å²) in [5.74, 6) is 0.995. The molecule has 4 atom stereocenters. The standard InChI is InChI=1S/C27H33ClN4O3.C24H29ClN2O4.C22H24BrClN2O4.C20H22BrClN2O3.C5H12N2.C4H7O.C4H9.CH2O3.2CH4.ClH.2K.Sn.H/c1-16(2)35-23-12-11-19(14-20(23)28)24(33)31-21(25(34)29-6)13-17-7-9-18(10-8-17)22-15-30-26(32-22)27(3,4)5;1-6-30-16(4)18-9-7-17(8-10-18)13-21(24(29)26-5)27-23(28)19-11-12-22(20(25)14-19)31-15(2)3;1-13(2)30-20-9-8-16(11-17(20)24)21(28)26-18(22(29)25-3)10-14-4-6-15(7-5-14)19(27)12-23;1-12(2)27-18-9-6-14(11-16(18)22)19(25)24-17(20(26)23-3)10-13-4-7-15(21)8-5-13;1-5(2,3)4(6)7;1-3-5-4-2;1-3-4-2;2-1-4-3;;;;;;;/h7-12,14-16,21H,13H2,1-6H3,(H,29,34)(H,30,32)(H,31,33);7-12,14-15,21H,4,6,13H2,1-3,5H3,(H,26,29)(H,27,28);4-9,11,13,18H,10,12H2,1-3H3,(H,25,29)(H,26,28);4-9,11-12,17H,10H2,1-3H3,(H,23,26)(H,24,25);1-3H3,(H3,6,7);1,4H2,2H3;1,3-4H2,2H3;1,3H;2*1H4;1H;;;;/q;;;;;;;;;;;2*+1;;-1/p-1. The topological polar surface area (TPSA) is 433 Å². The van der Waals surface area contributed by atoms with E-state index in [0.29, 0.717) is 103 Å². The second-order valence-electron chi connectivity index (χ2n) is 35.1. The van der Waals surface area contributed by atoms with Crippen LogP contribution >= 0.6 is 90.7 Å². The monoisotopic (exact) mass is 2440 g/mol. The van der Waals surface area contributed by atoms with Crippen LogP contribution in [0.4, 0.5) is 0 Å². The second-order valence-corrected chi connectivity index (χ2v) is 42.3. The van der Waals surface area contributed by atoms with Gasteiger partial charge in [0.05, 0.1) is 74.2 Å². The molecule has 806 valence electrons. The van der Waals surface area contributed by atoms with Gasteiger partial charge in [-0.2, -0.15) is 0 Å². The minimum absolute atomic E-state index is 0. The van der Waals surface area contributed by atoms with Crippen molar-refractivity contribution in [3.8, 4) is 34.3 Å². The second kappa shape index (κ2) is 76.6. The first-order valence-electron chi connectivity index (χ1n) is 46.5. The number of alkyl halides is 1. The van der Waals surface area contributed by atoms with Gasteiger partial charge in [0.1, 0.15) is 58.7 Å². The number of carbonyl (C=O) groups excluding carboxylic acids is 10. The fourth-order valence-electron chi connectivity index (χ4n) is 12.3. The number of carbonyl (C=O) groups is 10. The fraction of sp³-hybridized carbons (Fsp3) is 0.394. The number of amides is 8. The number of ether oxygens (including phenoxy) is 6. The van der Waals surface area contributed by atoms with E-state index in [1.165, 1.54) is 56.6 Å². The first kappa shape index (κ1) is 145. The maximum absolute atomic E-state index is 12.9. The Bertz CT molecular complexity index is 5680. The molecule has 8 amide bonds. The van der Waals surface area contributed by atoms with Gasteiger partial charge in [-0.1, -0.05) is 226 Å². The van der Waals surface area contributed by atoms with Crippen LogP contribution in [0.5, 0.6) is 23.0 Å². The molecule has 30 nitrogen and oxygen atoms in total. The van der Waals surface area contributed by atoms with Crippen molar-refractivity contribution in [2.45, 2.75) is 230 Å². The molecule has 0 spiro atoms. The molecule has 4 unspecified atom stereocenters. The smallest absolute Gasteiger partial charge is 1.00 e. The van der Waals surface area contributed by atoms with Gasteiger partial charge in [-0.3, -0.25) is 53.4 Å². The van der Waals surface area contributed by atoms with Gasteiger partial charge in [0.25, 0.3) is 30.1 Å². The first-order chi connectivity index (χ1) is 67.9. The summed E-state index contributed by atoms with van der Waals surface area (Å²) in [6.07, 6.45) is 5.67. The van der Waals surface area contributed by atoms with E-state index in [1.807, 2.05) is 169 Å². The van der Waals surface area contributed by atoms with Crippen LogP contribution in [0.3, 0.4) is 0 Å². The number of unbranched alkanes of at least 4 members (excludes halogenated alkanes) is 1. The van der Waals surface area contributed by atoms with Gasteiger partial charge in [-0.05, 0) is 175 Å². The molecule has 149 heavy (non-hydrogen) atoms. The number of nitrogens with two attached hydrogens (primary N) is 1. The van der Waals surface area contributed by atoms with Crippen LogP contribution in [0.2, 0.25) is 24.5 Å². The number of hydrogen-bond acceptors (Lipinski definition) is 20. The van der Waals surface area contributed by atoms with Gasteiger partial charge < -0.3 is 88.5 Å². The van der Waals surface area contributed by atoms with Crippen molar-refractivity contribution >= 4 is 183 Å². The third kappa shape index (κ3) is 55.6. The number of nitrogens with zero attached hydrogens (tertiary/aromatic N) is 1. The third-order valence-corrected chi connectivity index (χ3v) is 25.4. The Balaban J connectivity index is -0.000000878. The molecule has 1 aromatic heterocycles. The average Bonchev–Trinajstić information content (AvgIpc) is 1.59. The molecule has 0 aliphatic carbocycles. The van der Waals surface area contributed by atoms with E-state index in [-0.39, 0.29) is 253 Å². The van der Waals surface area contributed by atoms with Crippen molar-refractivity contribution in [1.29, 1.82) is 5.41 Å². The first-order valence-corrected chi connectivity index (χ1v) is 53.4. The van der Waals surface area contributed by atoms with Gasteiger partial charge in [0.2, 0.25) is 23.6 Å². The average molecular weight is 2450 g/mol. The maximum Gasteiger partial charge on any atom is 1.00 e. The normalized spacial score (nSPS) is 11.1. The largest absolute Gasteiger partial charge is 1.00 e. The van der Waals surface area contributed by atoms with Crippen molar-refractivity contribution in [3.05, 3.63) is 279 Å².